The fourth-order valence-electron chi connectivity index (χ4n) is 0.610. The van der Waals surface area contributed by atoms with Gasteiger partial charge in [-0.3, -0.25) is 0 Å². The van der Waals surface area contributed by atoms with Gasteiger partial charge in [0.05, 0.1) is 12.5 Å². The summed E-state index contributed by atoms with van der Waals surface area (Å²) < 4.78 is 0. The predicted octanol–water partition coefficient (Wildman–Crippen LogP) is 1.23. The van der Waals surface area contributed by atoms with Crippen LogP contribution in [0.25, 0.3) is 0 Å². The molecular formula is C7H15OS+. The Morgan fingerprint density at radius 1 is 1.44 bits per heavy atom. The van der Waals surface area contributed by atoms with Gasteiger partial charge in [0.2, 0.25) is 0 Å². The Kier molecular flexibility index (Phi) is 4.87. The van der Waals surface area contributed by atoms with Crippen molar-refractivity contribution in [1.82, 2.24) is 0 Å². The molecule has 0 radical (unpaired) electrons. The van der Waals surface area contributed by atoms with Crippen molar-refractivity contribution < 1.29 is 4.79 Å². The lowest BCUT2D eigenvalue weighted by Crippen LogP contribution is -2.03. The molecule has 0 aliphatic rings. The van der Waals surface area contributed by atoms with Gasteiger partial charge in [-0.05, 0) is 24.2 Å². The van der Waals surface area contributed by atoms with E-state index in [1.54, 1.807) is 6.92 Å². The number of carbonyl (C=O) groups excluding carboxylic acids is 1. The van der Waals surface area contributed by atoms with Crippen LogP contribution in [0, 0.1) is 0 Å². The van der Waals surface area contributed by atoms with Crippen LogP contribution in [0.2, 0.25) is 0 Å². The van der Waals surface area contributed by atoms with Crippen LogP contribution in [0.4, 0.5) is 0 Å². The van der Waals surface area contributed by atoms with Gasteiger partial charge in [-0.15, -0.1) is 0 Å². The molecule has 0 aromatic carbocycles. The Labute approximate surface area is 60.2 Å². The van der Waals surface area contributed by atoms with E-state index in [-0.39, 0.29) is 0 Å². The van der Waals surface area contributed by atoms with Crippen molar-refractivity contribution in [3.05, 3.63) is 0 Å². The Balaban J connectivity index is 3.01. The van der Waals surface area contributed by atoms with Gasteiger partial charge < -0.3 is 4.79 Å². The van der Waals surface area contributed by atoms with E-state index in [1.807, 2.05) is 0 Å². The molecule has 0 aliphatic carbocycles. The van der Waals surface area contributed by atoms with Crippen molar-refractivity contribution >= 4 is 16.7 Å². The van der Waals surface area contributed by atoms with E-state index in [9.17, 15) is 4.79 Å². The molecule has 9 heavy (non-hydrogen) atoms. The van der Waals surface area contributed by atoms with E-state index in [1.165, 1.54) is 5.75 Å². The lowest BCUT2D eigenvalue weighted by atomic mass is 10.3. The minimum absolute atomic E-state index is 0.320. The van der Waals surface area contributed by atoms with E-state index in [2.05, 4.69) is 12.5 Å². The summed E-state index contributed by atoms with van der Waals surface area (Å²) in [6.07, 6.45) is 6.26. The van der Waals surface area contributed by atoms with Gasteiger partial charge in [-0.1, -0.05) is 0 Å². The van der Waals surface area contributed by atoms with Crippen LogP contribution in [0.3, 0.4) is 0 Å². The molecule has 0 aromatic heterocycles. The summed E-state index contributed by atoms with van der Waals surface area (Å²) >= 11 is 0. The zero-order chi connectivity index (χ0) is 7.28. The Hall–Kier alpha value is 0.0200. The molecule has 1 nitrogen and oxygen atoms in total. The molecule has 0 N–H and O–H groups in total. The second-order valence-electron chi connectivity index (χ2n) is 2.50. The number of hydrogen-bond acceptors (Lipinski definition) is 1. The highest BCUT2D eigenvalue weighted by atomic mass is 32.2. The second kappa shape index (κ2) is 4.86. The molecule has 0 fully saturated rings. The number of hydrogen-bond donors (Lipinski definition) is 0. The first-order valence-electron chi connectivity index (χ1n) is 3.16. The van der Waals surface area contributed by atoms with Gasteiger partial charge in [0.1, 0.15) is 11.5 Å². The first-order chi connectivity index (χ1) is 4.13. The summed E-state index contributed by atoms with van der Waals surface area (Å²) in [5.74, 6) is 1.53. The summed E-state index contributed by atoms with van der Waals surface area (Å²) in [7, 11) is 0.516. The predicted molar refractivity (Wildman–Crippen MR) is 44.0 cm³/mol. The molecule has 0 atom stereocenters. The van der Waals surface area contributed by atoms with Gasteiger partial charge >= 0.3 is 0 Å². The van der Waals surface area contributed by atoms with Gasteiger partial charge in [0.15, 0.2) is 0 Å². The van der Waals surface area contributed by atoms with E-state index in [0.717, 1.165) is 12.8 Å². The SMILES string of the molecule is CC(=O)CCC[S+](C)C. The van der Waals surface area contributed by atoms with Crippen molar-refractivity contribution in [1.29, 1.82) is 0 Å². The molecule has 0 rings (SSSR count). The van der Waals surface area contributed by atoms with E-state index in [4.69, 9.17) is 0 Å². The number of ketones is 1. The summed E-state index contributed by atoms with van der Waals surface area (Å²) in [6, 6.07) is 0. The Bertz CT molecular complexity index is 88.9. The Morgan fingerprint density at radius 2 is 2.00 bits per heavy atom. The molecule has 0 amide bonds. The molecule has 0 heterocycles. The average molecular weight is 147 g/mol. The number of rotatable bonds is 4. The maximum Gasteiger partial charge on any atom is 0.130 e. The van der Waals surface area contributed by atoms with Crippen molar-refractivity contribution in [2.75, 3.05) is 18.3 Å². The van der Waals surface area contributed by atoms with Crippen molar-refractivity contribution in [3.63, 3.8) is 0 Å². The van der Waals surface area contributed by atoms with E-state index in [0.29, 0.717) is 16.7 Å². The number of Topliss-reactive ketones (excluding diaryl/α,β-unsaturated/α-hetero) is 1. The van der Waals surface area contributed by atoms with Crippen molar-refractivity contribution in [2.45, 2.75) is 19.8 Å². The molecular weight excluding hydrogens is 132 g/mol. The standard InChI is InChI=1S/C7H15OS/c1-7(8)5-4-6-9(2)3/h4-6H2,1-3H3/q+1. The zero-order valence-electron chi connectivity index (χ0n) is 6.44. The highest BCUT2D eigenvalue weighted by Gasteiger charge is 2.01. The van der Waals surface area contributed by atoms with Crippen LogP contribution < -0.4 is 0 Å². The lowest BCUT2D eigenvalue weighted by molar-refractivity contribution is -0.117. The van der Waals surface area contributed by atoms with Gasteiger partial charge in [0.25, 0.3) is 0 Å². The van der Waals surface area contributed by atoms with Gasteiger partial charge in [-0.2, -0.15) is 0 Å². The smallest absolute Gasteiger partial charge is 0.130 e. The van der Waals surface area contributed by atoms with Crippen molar-refractivity contribution in [3.8, 4) is 0 Å². The molecule has 0 bridgehead atoms. The van der Waals surface area contributed by atoms with E-state index >= 15 is 0 Å². The summed E-state index contributed by atoms with van der Waals surface area (Å²) in [6.45, 7) is 1.66. The molecule has 0 spiro atoms. The lowest BCUT2D eigenvalue weighted by Gasteiger charge is -1.93. The minimum Gasteiger partial charge on any atom is -0.300 e. The molecule has 0 aliphatic heterocycles. The first-order valence-corrected chi connectivity index (χ1v) is 5.37. The summed E-state index contributed by atoms with van der Waals surface area (Å²) in [5.41, 5.74) is 0. The second-order valence-corrected chi connectivity index (χ2v) is 4.87. The topological polar surface area (TPSA) is 17.1 Å². The fourth-order valence-corrected chi connectivity index (χ4v) is 1.33. The van der Waals surface area contributed by atoms with Crippen molar-refractivity contribution in [2.24, 2.45) is 0 Å². The maximum atomic E-state index is 10.4. The van der Waals surface area contributed by atoms with Gasteiger partial charge in [0, 0.05) is 6.42 Å². The van der Waals surface area contributed by atoms with Gasteiger partial charge in [-0.25, -0.2) is 0 Å². The molecule has 0 aromatic rings. The minimum atomic E-state index is 0.320. The molecule has 2 heteroatoms. The monoisotopic (exact) mass is 147 g/mol. The first kappa shape index (κ1) is 9.02. The highest BCUT2D eigenvalue weighted by Crippen LogP contribution is 1.94. The van der Waals surface area contributed by atoms with Crippen LogP contribution in [0.1, 0.15) is 19.8 Å². The largest absolute Gasteiger partial charge is 0.300 e. The van der Waals surface area contributed by atoms with Crippen LogP contribution in [0.15, 0.2) is 0 Å². The summed E-state index contributed by atoms with van der Waals surface area (Å²) in [5, 5.41) is 0. The normalized spacial score (nSPS) is 10.2. The molecule has 0 saturated carbocycles. The van der Waals surface area contributed by atoms with E-state index < -0.39 is 0 Å². The molecule has 0 unspecified atom stereocenters. The van der Waals surface area contributed by atoms with Crippen LogP contribution in [0.5, 0.6) is 0 Å². The number of carbonyl (C=O) groups is 1. The Morgan fingerprint density at radius 3 is 2.33 bits per heavy atom. The third-order valence-corrected chi connectivity index (χ3v) is 2.19. The fraction of sp³-hybridized carbons (Fsp3) is 0.857. The van der Waals surface area contributed by atoms with Crippen LogP contribution >= 0.6 is 0 Å². The molecule has 54 valence electrons. The van der Waals surface area contributed by atoms with Crippen LogP contribution in [-0.4, -0.2) is 24.0 Å². The third-order valence-electron chi connectivity index (χ3n) is 1.08. The molecule has 0 saturated heterocycles. The quantitative estimate of drug-likeness (QED) is 0.547. The maximum absolute atomic E-state index is 10.4. The zero-order valence-corrected chi connectivity index (χ0v) is 7.25. The summed E-state index contributed by atoms with van der Waals surface area (Å²) in [4.78, 5) is 10.4. The average Bonchev–Trinajstić information content (AvgIpc) is 1.63. The highest BCUT2D eigenvalue weighted by molar-refractivity contribution is 7.95. The third kappa shape index (κ3) is 8.02. The van der Waals surface area contributed by atoms with Crippen LogP contribution in [-0.2, 0) is 15.7 Å².